The van der Waals surface area contributed by atoms with E-state index in [4.69, 9.17) is 5.73 Å². The molecule has 0 fully saturated rings. The highest BCUT2D eigenvalue weighted by atomic mass is 32.1. The van der Waals surface area contributed by atoms with Crippen LogP contribution in [0.25, 0.3) is 0 Å². The first kappa shape index (κ1) is 14.8. The number of aryl methyl sites for hydroxylation is 2. The van der Waals surface area contributed by atoms with Crippen molar-refractivity contribution in [1.29, 1.82) is 0 Å². The van der Waals surface area contributed by atoms with Gasteiger partial charge in [-0.2, -0.15) is 0 Å². The van der Waals surface area contributed by atoms with E-state index in [0.29, 0.717) is 10.0 Å². The summed E-state index contributed by atoms with van der Waals surface area (Å²) in [4.78, 5) is 19.2. The molecule has 2 heterocycles. The maximum Gasteiger partial charge on any atom is 0.265 e. The van der Waals surface area contributed by atoms with E-state index in [1.807, 2.05) is 6.92 Å². The monoisotopic (exact) mass is 310 g/mol. The molecule has 7 heteroatoms. The third-order valence-electron chi connectivity index (χ3n) is 2.97. The van der Waals surface area contributed by atoms with Crippen LogP contribution in [0, 0.1) is 13.8 Å². The summed E-state index contributed by atoms with van der Waals surface area (Å²) in [6.45, 7) is 6.11. The van der Waals surface area contributed by atoms with E-state index in [2.05, 4.69) is 35.5 Å². The molecule has 1 atom stereocenters. The lowest BCUT2D eigenvalue weighted by molar-refractivity contribution is 0.0944. The molecule has 1 amide bonds. The summed E-state index contributed by atoms with van der Waals surface area (Å²) in [6.07, 6.45) is 0. The van der Waals surface area contributed by atoms with Crippen LogP contribution in [0.5, 0.6) is 0 Å². The number of rotatable bonds is 4. The van der Waals surface area contributed by atoms with Crippen LogP contribution in [-0.4, -0.2) is 17.9 Å². The zero-order valence-corrected chi connectivity index (χ0v) is 13.5. The van der Waals surface area contributed by atoms with Gasteiger partial charge in [0.15, 0.2) is 5.13 Å². The molecule has 2 rings (SSSR count). The molecule has 2 aromatic heterocycles. The van der Waals surface area contributed by atoms with Crippen molar-refractivity contribution >= 4 is 39.5 Å². The number of hydrogen-bond donors (Lipinski definition) is 3. The largest absolute Gasteiger partial charge is 0.382 e. The number of carbonyl (C=O) groups excluding carboxylic acids is 1. The number of hydrogen-bond acceptors (Lipinski definition) is 6. The highest BCUT2D eigenvalue weighted by Gasteiger charge is 2.19. The van der Waals surface area contributed by atoms with Crippen LogP contribution in [0.3, 0.4) is 0 Å². The van der Waals surface area contributed by atoms with Gasteiger partial charge in [0, 0.05) is 16.8 Å². The van der Waals surface area contributed by atoms with Crippen molar-refractivity contribution in [3.63, 3.8) is 0 Å². The van der Waals surface area contributed by atoms with E-state index in [-0.39, 0.29) is 17.8 Å². The SMILES string of the molecule is CNc1nc(N)c(C(=O)NC(C)c2cc(C)sc2C)s1. The third kappa shape index (κ3) is 2.94. The van der Waals surface area contributed by atoms with Gasteiger partial charge in [-0.1, -0.05) is 11.3 Å². The quantitative estimate of drug-likeness (QED) is 0.811. The molecular weight excluding hydrogens is 292 g/mol. The maximum absolute atomic E-state index is 12.3. The summed E-state index contributed by atoms with van der Waals surface area (Å²) in [5.41, 5.74) is 6.92. The first-order chi connectivity index (χ1) is 9.42. The van der Waals surface area contributed by atoms with Gasteiger partial charge in [-0.25, -0.2) is 4.98 Å². The lowest BCUT2D eigenvalue weighted by atomic mass is 10.1. The molecule has 4 N–H and O–H groups in total. The molecule has 0 spiro atoms. The van der Waals surface area contributed by atoms with Crippen molar-refractivity contribution in [2.24, 2.45) is 0 Å². The fraction of sp³-hybridized carbons (Fsp3) is 0.385. The fourth-order valence-corrected chi connectivity index (χ4v) is 3.79. The fourth-order valence-electron chi connectivity index (χ4n) is 2.02. The Morgan fingerprint density at radius 3 is 2.60 bits per heavy atom. The number of carbonyl (C=O) groups is 1. The lowest BCUT2D eigenvalue weighted by Gasteiger charge is -2.13. The van der Waals surface area contributed by atoms with Crippen LogP contribution in [0.1, 0.15) is 38.0 Å². The number of nitrogens with zero attached hydrogens (tertiary/aromatic N) is 1. The van der Waals surface area contributed by atoms with Gasteiger partial charge in [0.25, 0.3) is 5.91 Å². The van der Waals surface area contributed by atoms with E-state index in [0.717, 1.165) is 5.56 Å². The average molecular weight is 310 g/mol. The minimum Gasteiger partial charge on any atom is -0.382 e. The predicted octanol–water partition coefficient (Wildman–Crippen LogP) is 2.94. The Bertz CT molecular complexity index is 632. The standard InChI is InChI=1S/C13H18N4OS2/c1-6-5-9(8(3)19-6)7(2)16-12(18)10-11(14)17-13(15-4)20-10/h5,7H,14H2,1-4H3,(H,15,17)(H,16,18). The molecule has 0 aromatic carbocycles. The highest BCUT2D eigenvalue weighted by Crippen LogP contribution is 2.28. The Hall–Kier alpha value is -1.60. The molecule has 0 aliphatic carbocycles. The number of aromatic nitrogens is 1. The molecule has 0 aliphatic heterocycles. The minimum absolute atomic E-state index is 0.0491. The molecule has 5 nitrogen and oxygen atoms in total. The summed E-state index contributed by atoms with van der Waals surface area (Å²) in [5.74, 6) is 0.0829. The van der Waals surface area contributed by atoms with Gasteiger partial charge in [0.1, 0.15) is 10.7 Å². The average Bonchev–Trinajstić information content (AvgIpc) is 2.91. The summed E-state index contributed by atoms with van der Waals surface area (Å²) >= 11 is 2.99. The van der Waals surface area contributed by atoms with Crippen molar-refractivity contribution in [1.82, 2.24) is 10.3 Å². The Labute approximate surface area is 126 Å². The summed E-state index contributed by atoms with van der Waals surface area (Å²) in [7, 11) is 1.75. The van der Waals surface area contributed by atoms with Crippen molar-refractivity contribution in [2.45, 2.75) is 26.8 Å². The maximum atomic E-state index is 12.3. The van der Waals surface area contributed by atoms with E-state index < -0.39 is 0 Å². The molecule has 0 saturated heterocycles. The first-order valence-electron chi connectivity index (χ1n) is 6.24. The van der Waals surface area contributed by atoms with E-state index in [1.54, 1.807) is 18.4 Å². The second-order valence-electron chi connectivity index (χ2n) is 4.55. The van der Waals surface area contributed by atoms with Crippen molar-refractivity contribution in [3.8, 4) is 0 Å². The Morgan fingerprint density at radius 2 is 2.10 bits per heavy atom. The predicted molar refractivity (Wildman–Crippen MR) is 85.7 cm³/mol. The van der Waals surface area contributed by atoms with Gasteiger partial charge in [-0.05, 0) is 32.4 Å². The number of anilines is 2. The van der Waals surface area contributed by atoms with Crippen LogP contribution in [-0.2, 0) is 0 Å². The summed E-state index contributed by atoms with van der Waals surface area (Å²) < 4.78 is 0. The normalized spacial score (nSPS) is 12.2. The van der Waals surface area contributed by atoms with Gasteiger partial charge in [-0.15, -0.1) is 11.3 Å². The molecule has 2 aromatic rings. The van der Waals surface area contributed by atoms with Crippen molar-refractivity contribution in [3.05, 3.63) is 26.3 Å². The van der Waals surface area contributed by atoms with Crippen LogP contribution in [0.2, 0.25) is 0 Å². The summed E-state index contributed by atoms with van der Waals surface area (Å²) in [6, 6.07) is 2.06. The molecule has 0 aliphatic rings. The van der Waals surface area contributed by atoms with Gasteiger partial charge in [0.2, 0.25) is 0 Å². The molecule has 108 valence electrons. The van der Waals surface area contributed by atoms with Crippen molar-refractivity contribution < 1.29 is 4.79 Å². The number of nitrogen functional groups attached to an aromatic ring is 1. The number of amides is 1. The molecule has 0 saturated carbocycles. The minimum atomic E-state index is -0.183. The lowest BCUT2D eigenvalue weighted by Crippen LogP contribution is -2.26. The molecule has 0 bridgehead atoms. The van der Waals surface area contributed by atoms with Gasteiger partial charge in [-0.3, -0.25) is 4.79 Å². The second kappa shape index (κ2) is 5.80. The Balaban J connectivity index is 2.14. The third-order valence-corrected chi connectivity index (χ3v) is 5.04. The van der Waals surface area contributed by atoms with Crippen LogP contribution in [0.4, 0.5) is 10.9 Å². The molecule has 20 heavy (non-hydrogen) atoms. The van der Waals surface area contributed by atoms with Gasteiger partial charge >= 0.3 is 0 Å². The number of thiophene rings is 1. The van der Waals surface area contributed by atoms with E-state index in [1.165, 1.54) is 21.1 Å². The van der Waals surface area contributed by atoms with Crippen LogP contribution in [0.15, 0.2) is 6.07 Å². The number of thiazole rings is 1. The molecular formula is C13H18N4OS2. The smallest absolute Gasteiger partial charge is 0.265 e. The van der Waals surface area contributed by atoms with Gasteiger partial charge < -0.3 is 16.4 Å². The number of nitrogens with two attached hydrogens (primary N) is 1. The zero-order valence-electron chi connectivity index (χ0n) is 11.9. The second-order valence-corrected chi connectivity index (χ2v) is 7.01. The van der Waals surface area contributed by atoms with E-state index in [9.17, 15) is 4.79 Å². The Morgan fingerprint density at radius 1 is 1.40 bits per heavy atom. The zero-order chi connectivity index (χ0) is 14.9. The van der Waals surface area contributed by atoms with Gasteiger partial charge in [0.05, 0.1) is 6.04 Å². The molecule has 0 radical (unpaired) electrons. The topological polar surface area (TPSA) is 80.0 Å². The van der Waals surface area contributed by atoms with Crippen molar-refractivity contribution in [2.75, 3.05) is 18.1 Å². The Kier molecular flexibility index (Phi) is 4.29. The first-order valence-corrected chi connectivity index (χ1v) is 7.87. The van der Waals surface area contributed by atoms with E-state index >= 15 is 0 Å². The summed E-state index contributed by atoms with van der Waals surface area (Å²) in [5, 5.41) is 6.51. The van der Waals surface area contributed by atoms with Crippen LogP contribution < -0.4 is 16.4 Å². The number of nitrogens with one attached hydrogen (secondary N) is 2. The molecule has 1 unspecified atom stereocenters. The highest BCUT2D eigenvalue weighted by molar-refractivity contribution is 7.18. The van der Waals surface area contributed by atoms with Crippen LogP contribution >= 0.6 is 22.7 Å².